The van der Waals surface area contributed by atoms with Gasteiger partial charge in [-0.3, -0.25) is 0 Å². The second-order valence-electron chi connectivity index (χ2n) is 7.76. The highest BCUT2D eigenvalue weighted by Gasteiger charge is 2.45. The second-order valence-corrected chi connectivity index (χ2v) is 8.82. The highest BCUT2D eigenvalue weighted by molar-refractivity contribution is 7.15. The van der Waals surface area contributed by atoms with Crippen molar-refractivity contribution in [2.24, 2.45) is 0 Å². The van der Waals surface area contributed by atoms with E-state index in [1.165, 1.54) is 34.7 Å². The lowest BCUT2D eigenvalue weighted by Crippen LogP contribution is -2.42. The first-order valence-corrected chi connectivity index (χ1v) is 11.2. The standard InChI is InChI=1S/C24H19F2N5O3S/c1-15(23-29-10-21(35-23)17-4-2-16(9-27)3-5-17)24(34-11-22(32)33,12-31-14-28-13-30-31)19-7-6-18(25)8-20(19)26/h2-8,10,13-15H,11-12H2,1H3,(H,32,33)/t15-,24+/m0/s1. The van der Waals surface area contributed by atoms with Crippen molar-refractivity contribution >= 4 is 17.3 Å². The summed E-state index contributed by atoms with van der Waals surface area (Å²) in [5.74, 6) is -3.58. The minimum absolute atomic E-state index is 0.0294. The minimum Gasteiger partial charge on any atom is -0.480 e. The van der Waals surface area contributed by atoms with Gasteiger partial charge in [0.25, 0.3) is 0 Å². The first-order chi connectivity index (χ1) is 16.8. The van der Waals surface area contributed by atoms with Gasteiger partial charge in [0.2, 0.25) is 0 Å². The Morgan fingerprint density at radius 1 is 1.29 bits per heavy atom. The Morgan fingerprint density at radius 3 is 2.69 bits per heavy atom. The van der Waals surface area contributed by atoms with Crippen molar-refractivity contribution in [3.8, 4) is 16.5 Å². The molecule has 178 valence electrons. The number of halogens is 2. The lowest BCUT2D eigenvalue weighted by Gasteiger charge is -2.38. The molecule has 2 aromatic heterocycles. The molecule has 0 aliphatic heterocycles. The smallest absolute Gasteiger partial charge is 0.329 e. The average molecular weight is 496 g/mol. The largest absolute Gasteiger partial charge is 0.480 e. The van der Waals surface area contributed by atoms with Gasteiger partial charge in [-0.05, 0) is 23.8 Å². The maximum Gasteiger partial charge on any atom is 0.329 e. The van der Waals surface area contributed by atoms with Crippen LogP contribution in [-0.4, -0.2) is 37.4 Å². The molecule has 0 aliphatic carbocycles. The van der Waals surface area contributed by atoms with Crippen molar-refractivity contribution in [2.45, 2.75) is 25.0 Å². The van der Waals surface area contributed by atoms with Crippen LogP contribution in [0.15, 0.2) is 61.3 Å². The molecule has 0 aliphatic rings. The van der Waals surface area contributed by atoms with Crippen molar-refractivity contribution in [3.63, 3.8) is 0 Å². The lowest BCUT2D eigenvalue weighted by molar-refractivity contribution is -0.154. The third kappa shape index (κ3) is 5.08. The Labute approximate surface area is 203 Å². The van der Waals surface area contributed by atoms with Crippen molar-refractivity contribution in [1.82, 2.24) is 19.7 Å². The fraction of sp³-hybridized carbons (Fsp3) is 0.208. The Hall–Kier alpha value is -4.01. The van der Waals surface area contributed by atoms with Gasteiger partial charge in [0.1, 0.15) is 36.5 Å². The zero-order valence-electron chi connectivity index (χ0n) is 18.4. The maximum atomic E-state index is 15.2. The summed E-state index contributed by atoms with van der Waals surface area (Å²) in [5.41, 5.74) is -0.281. The molecule has 0 radical (unpaired) electrons. The van der Waals surface area contributed by atoms with E-state index in [1.807, 2.05) is 0 Å². The van der Waals surface area contributed by atoms with Crippen molar-refractivity contribution in [2.75, 3.05) is 6.61 Å². The molecule has 0 spiro atoms. The number of nitrogens with zero attached hydrogens (tertiary/aromatic N) is 5. The Kier molecular flexibility index (Phi) is 6.95. The number of nitriles is 1. The predicted molar refractivity (Wildman–Crippen MR) is 122 cm³/mol. The SMILES string of the molecule is C[C@@H](c1ncc(-c2ccc(C#N)cc2)s1)[C@@](Cn1cncn1)(OCC(=O)O)c1ccc(F)cc1F. The monoisotopic (exact) mass is 495 g/mol. The number of benzene rings is 2. The van der Waals surface area contributed by atoms with E-state index in [9.17, 15) is 14.3 Å². The van der Waals surface area contributed by atoms with E-state index in [2.05, 4.69) is 21.1 Å². The summed E-state index contributed by atoms with van der Waals surface area (Å²) in [6.45, 7) is 0.905. The van der Waals surface area contributed by atoms with E-state index in [-0.39, 0.29) is 12.1 Å². The fourth-order valence-electron chi connectivity index (χ4n) is 3.81. The van der Waals surface area contributed by atoms with E-state index in [4.69, 9.17) is 10.00 Å². The average Bonchev–Trinajstić information content (AvgIpc) is 3.54. The van der Waals surface area contributed by atoms with Crippen molar-refractivity contribution in [3.05, 3.63) is 89.1 Å². The summed E-state index contributed by atoms with van der Waals surface area (Å²) in [5, 5.41) is 23.0. The van der Waals surface area contributed by atoms with Crippen LogP contribution in [0, 0.1) is 23.0 Å². The third-order valence-electron chi connectivity index (χ3n) is 5.60. The summed E-state index contributed by atoms with van der Waals surface area (Å²) in [6.07, 6.45) is 4.34. The Balaban J connectivity index is 1.82. The number of thiazole rings is 1. The number of aliphatic carboxylic acids is 1. The van der Waals surface area contributed by atoms with Crippen LogP contribution in [0.2, 0.25) is 0 Å². The number of aromatic nitrogens is 4. The zero-order valence-corrected chi connectivity index (χ0v) is 19.2. The molecule has 0 fully saturated rings. The van der Waals surface area contributed by atoms with Crippen LogP contribution in [0.4, 0.5) is 8.78 Å². The van der Waals surface area contributed by atoms with Gasteiger partial charge >= 0.3 is 5.97 Å². The molecule has 4 rings (SSSR count). The normalized spacial score (nSPS) is 13.7. The molecule has 0 unspecified atom stereocenters. The molecule has 2 aromatic carbocycles. The van der Waals surface area contributed by atoms with Crippen LogP contribution in [-0.2, 0) is 21.7 Å². The summed E-state index contributed by atoms with van der Waals surface area (Å²) in [6, 6.07) is 12.1. The van der Waals surface area contributed by atoms with Crippen LogP contribution < -0.4 is 0 Å². The van der Waals surface area contributed by atoms with Crippen molar-refractivity contribution < 1.29 is 23.4 Å². The molecule has 8 nitrogen and oxygen atoms in total. The van der Waals surface area contributed by atoms with Gasteiger partial charge in [0.05, 0.1) is 28.1 Å². The molecule has 0 saturated heterocycles. The van der Waals surface area contributed by atoms with Gasteiger partial charge < -0.3 is 9.84 Å². The highest BCUT2D eigenvalue weighted by atomic mass is 32.1. The molecular weight excluding hydrogens is 476 g/mol. The molecule has 0 bridgehead atoms. The first-order valence-electron chi connectivity index (χ1n) is 10.4. The van der Waals surface area contributed by atoms with Gasteiger partial charge in [-0.25, -0.2) is 28.2 Å². The van der Waals surface area contributed by atoms with Gasteiger partial charge in [0.15, 0.2) is 0 Å². The quantitative estimate of drug-likeness (QED) is 0.367. The van der Waals surface area contributed by atoms with Gasteiger partial charge in [0, 0.05) is 23.7 Å². The topological polar surface area (TPSA) is 114 Å². The number of rotatable bonds is 9. The third-order valence-corrected chi connectivity index (χ3v) is 6.82. The first kappa shape index (κ1) is 24.1. The Bertz CT molecular complexity index is 1370. The molecule has 0 amide bonds. The lowest BCUT2D eigenvalue weighted by atomic mass is 9.81. The van der Waals surface area contributed by atoms with Crippen LogP contribution in [0.5, 0.6) is 0 Å². The predicted octanol–water partition coefficient (Wildman–Crippen LogP) is 4.35. The van der Waals surface area contributed by atoms with E-state index >= 15 is 4.39 Å². The van der Waals surface area contributed by atoms with E-state index in [0.717, 1.165) is 22.6 Å². The molecule has 4 aromatic rings. The van der Waals surface area contributed by atoms with Gasteiger partial charge in [-0.2, -0.15) is 10.4 Å². The molecule has 35 heavy (non-hydrogen) atoms. The van der Waals surface area contributed by atoms with Crippen LogP contribution >= 0.6 is 11.3 Å². The molecule has 1 N–H and O–H groups in total. The molecule has 2 heterocycles. The van der Waals surface area contributed by atoms with E-state index in [1.54, 1.807) is 37.4 Å². The fourth-order valence-corrected chi connectivity index (χ4v) is 4.87. The van der Waals surface area contributed by atoms with Crippen molar-refractivity contribution in [1.29, 1.82) is 5.26 Å². The zero-order chi connectivity index (χ0) is 25.0. The summed E-state index contributed by atoms with van der Waals surface area (Å²) >= 11 is 1.32. The van der Waals surface area contributed by atoms with Gasteiger partial charge in [-0.1, -0.05) is 25.1 Å². The highest BCUT2D eigenvalue weighted by Crippen LogP contribution is 2.45. The van der Waals surface area contributed by atoms with Crippen LogP contribution in [0.25, 0.3) is 10.4 Å². The van der Waals surface area contributed by atoms with Crippen LogP contribution in [0.1, 0.15) is 29.0 Å². The second kappa shape index (κ2) is 10.1. The number of carboxylic acids is 1. The summed E-state index contributed by atoms with van der Waals surface area (Å²) in [7, 11) is 0. The van der Waals surface area contributed by atoms with E-state index in [0.29, 0.717) is 10.6 Å². The number of hydrogen-bond acceptors (Lipinski definition) is 7. The number of carbonyl (C=O) groups is 1. The molecule has 11 heteroatoms. The maximum absolute atomic E-state index is 15.2. The van der Waals surface area contributed by atoms with E-state index < -0.39 is 35.7 Å². The molecular formula is C24H19F2N5O3S. The Morgan fingerprint density at radius 2 is 2.06 bits per heavy atom. The molecule has 0 saturated carbocycles. The molecule has 2 atom stereocenters. The summed E-state index contributed by atoms with van der Waals surface area (Å²) < 4.78 is 36.2. The number of carboxylic acid groups (broad SMARTS) is 1. The summed E-state index contributed by atoms with van der Waals surface area (Å²) in [4.78, 5) is 20.7. The van der Waals surface area contributed by atoms with Crippen LogP contribution in [0.3, 0.4) is 0 Å². The minimum atomic E-state index is -1.61. The van der Waals surface area contributed by atoms with Gasteiger partial charge in [-0.15, -0.1) is 11.3 Å². The number of ether oxygens (including phenoxy) is 1. The number of hydrogen-bond donors (Lipinski definition) is 1.